The Morgan fingerprint density at radius 2 is 1.81 bits per heavy atom. The predicted molar refractivity (Wildman–Crippen MR) is 93.9 cm³/mol. The van der Waals surface area contributed by atoms with E-state index in [1.807, 2.05) is 0 Å². The zero-order valence-corrected chi connectivity index (χ0v) is 14.7. The van der Waals surface area contributed by atoms with Crippen LogP contribution in [-0.4, -0.2) is 32.0 Å². The number of benzene rings is 2. The lowest BCUT2D eigenvalue weighted by Crippen LogP contribution is -2.21. The van der Waals surface area contributed by atoms with Crippen LogP contribution in [0.4, 0.5) is 8.78 Å². The molecule has 0 saturated heterocycles. The van der Waals surface area contributed by atoms with E-state index < -0.39 is 12.7 Å². The van der Waals surface area contributed by atoms with Crippen molar-refractivity contribution in [2.24, 2.45) is 0 Å². The van der Waals surface area contributed by atoms with Crippen molar-refractivity contribution < 1.29 is 28.1 Å². The maximum Gasteiger partial charge on any atom is 0.387 e. The van der Waals surface area contributed by atoms with Crippen LogP contribution in [-0.2, 0) is 6.54 Å². The van der Waals surface area contributed by atoms with Gasteiger partial charge in [-0.2, -0.15) is 8.78 Å². The van der Waals surface area contributed by atoms with Gasteiger partial charge in [-0.25, -0.2) is 0 Å². The van der Waals surface area contributed by atoms with Crippen LogP contribution >= 0.6 is 0 Å². The lowest BCUT2D eigenvalue weighted by molar-refractivity contribution is -0.0514. The van der Waals surface area contributed by atoms with Crippen molar-refractivity contribution in [3.63, 3.8) is 0 Å². The van der Waals surface area contributed by atoms with Gasteiger partial charge in [0.05, 0.1) is 19.8 Å². The van der Waals surface area contributed by atoms with Crippen LogP contribution in [0.25, 0.3) is 0 Å². The Labute approximate surface area is 151 Å². The van der Waals surface area contributed by atoms with Crippen LogP contribution < -0.4 is 19.5 Å². The van der Waals surface area contributed by atoms with Gasteiger partial charge in [-0.3, -0.25) is 0 Å². The summed E-state index contributed by atoms with van der Waals surface area (Å²) in [4.78, 5) is 0. The molecule has 2 rings (SSSR count). The molecule has 0 bridgehead atoms. The molecule has 2 aromatic rings. The molecule has 7 heteroatoms. The van der Waals surface area contributed by atoms with Gasteiger partial charge in [-0.1, -0.05) is 18.2 Å². The first-order chi connectivity index (χ1) is 12.5. The van der Waals surface area contributed by atoms with Gasteiger partial charge in [0.25, 0.3) is 0 Å². The van der Waals surface area contributed by atoms with Crippen LogP contribution in [0.2, 0.25) is 0 Å². The molecule has 0 aromatic heterocycles. The summed E-state index contributed by atoms with van der Waals surface area (Å²) in [5.41, 5.74) is 1.60. The first-order valence-electron chi connectivity index (χ1n) is 8.26. The summed E-state index contributed by atoms with van der Waals surface area (Å²) < 4.78 is 39.7. The summed E-state index contributed by atoms with van der Waals surface area (Å²) in [7, 11) is 1.58. The molecule has 0 aliphatic carbocycles. The third-order valence-corrected chi connectivity index (χ3v) is 3.69. The van der Waals surface area contributed by atoms with Crippen LogP contribution in [0.1, 0.15) is 24.2 Å². The minimum atomic E-state index is -2.90. The Kier molecular flexibility index (Phi) is 7.62. The van der Waals surface area contributed by atoms with Gasteiger partial charge in [0.15, 0.2) is 11.5 Å². The Bertz CT molecular complexity index is 680. The monoisotopic (exact) mass is 367 g/mol. The van der Waals surface area contributed by atoms with Gasteiger partial charge in [-0.05, 0) is 42.3 Å². The van der Waals surface area contributed by atoms with Gasteiger partial charge >= 0.3 is 6.61 Å². The molecule has 0 amide bonds. The lowest BCUT2D eigenvalue weighted by atomic mass is 10.1. The number of hydrogen-bond acceptors (Lipinski definition) is 5. The van der Waals surface area contributed by atoms with Gasteiger partial charge in [-0.15, -0.1) is 0 Å². The lowest BCUT2D eigenvalue weighted by Gasteiger charge is -2.15. The average molecular weight is 367 g/mol. The second kappa shape index (κ2) is 9.94. The summed E-state index contributed by atoms with van der Waals surface area (Å²) in [5, 5.41) is 13.3. The summed E-state index contributed by atoms with van der Waals surface area (Å²) in [5.74, 6) is 0.995. The van der Waals surface area contributed by atoms with Crippen LogP contribution in [0.15, 0.2) is 42.5 Å². The molecule has 0 aliphatic rings. The maximum atomic E-state index is 12.4. The molecule has 1 atom stereocenters. The van der Waals surface area contributed by atoms with Gasteiger partial charge in [0, 0.05) is 13.1 Å². The molecule has 26 heavy (non-hydrogen) atoms. The maximum absolute atomic E-state index is 12.4. The Morgan fingerprint density at radius 1 is 1.08 bits per heavy atom. The summed E-state index contributed by atoms with van der Waals surface area (Å²) in [6.45, 7) is -0.0131. The van der Waals surface area contributed by atoms with Crippen molar-refractivity contribution in [3.05, 3.63) is 53.6 Å². The summed E-state index contributed by atoms with van der Waals surface area (Å²) in [6.07, 6.45) is -0.672. The van der Waals surface area contributed by atoms with Crippen LogP contribution in [0.3, 0.4) is 0 Å². The normalized spacial score (nSPS) is 12.1. The Balaban J connectivity index is 1.92. The fraction of sp³-hybridized carbons (Fsp3) is 0.368. The number of aliphatic hydroxyl groups is 1. The minimum absolute atomic E-state index is 0.00358. The highest BCUT2D eigenvalue weighted by Gasteiger charge is 2.12. The van der Waals surface area contributed by atoms with E-state index in [2.05, 4.69) is 10.1 Å². The number of ether oxygens (including phenoxy) is 3. The number of rotatable bonds is 10. The summed E-state index contributed by atoms with van der Waals surface area (Å²) >= 11 is 0. The van der Waals surface area contributed by atoms with E-state index in [9.17, 15) is 13.9 Å². The van der Waals surface area contributed by atoms with Gasteiger partial charge in [0.1, 0.15) is 5.75 Å². The number of methoxy groups -OCH3 is 1. The Morgan fingerprint density at radius 3 is 2.42 bits per heavy atom. The molecule has 0 fully saturated rings. The van der Waals surface area contributed by atoms with Gasteiger partial charge in [0.2, 0.25) is 0 Å². The van der Waals surface area contributed by atoms with Gasteiger partial charge < -0.3 is 24.6 Å². The number of nitrogens with one attached hydrogen (secondary N) is 1. The van der Waals surface area contributed by atoms with Crippen LogP contribution in [0.5, 0.6) is 17.2 Å². The SMILES string of the molecule is CCOc1cc(CNCC(O)c2ccc(OC)cc2)ccc1OC(F)F. The van der Waals surface area contributed by atoms with E-state index in [-0.39, 0.29) is 11.5 Å². The molecule has 0 aliphatic heterocycles. The van der Waals surface area contributed by atoms with E-state index >= 15 is 0 Å². The molecule has 0 heterocycles. The molecule has 0 saturated carbocycles. The molecule has 2 N–H and O–H groups in total. The second-order valence-corrected chi connectivity index (χ2v) is 5.51. The number of halogens is 2. The highest BCUT2D eigenvalue weighted by molar-refractivity contribution is 5.43. The van der Waals surface area contributed by atoms with E-state index in [4.69, 9.17) is 9.47 Å². The minimum Gasteiger partial charge on any atom is -0.497 e. The standard InChI is InChI=1S/C19H23F2NO4/c1-3-25-18-10-13(4-9-17(18)26-19(20)21)11-22-12-16(23)14-5-7-15(24-2)8-6-14/h4-10,16,19,22-23H,3,11-12H2,1-2H3. The predicted octanol–water partition coefficient (Wildman–Crippen LogP) is 3.52. The highest BCUT2D eigenvalue weighted by Crippen LogP contribution is 2.30. The van der Waals surface area contributed by atoms with Crippen molar-refractivity contribution in [3.8, 4) is 17.2 Å². The third-order valence-electron chi connectivity index (χ3n) is 3.69. The van der Waals surface area contributed by atoms with Crippen molar-refractivity contribution in [1.29, 1.82) is 0 Å². The summed E-state index contributed by atoms with van der Waals surface area (Å²) in [6, 6.07) is 11.9. The zero-order valence-electron chi connectivity index (χ0n) is 14.7. The molecule has 5 nitrogen and oxygen atoms in total. The number of alkyl halides is 2. The smallest absolute Gasteiger partial charge is 0.387 e. The first-order valence-corrected chi connectivity index (χ1v) is 8.26. The Hall–Kier alpha value is -2.38. The average Bonchev–Trinajstić information content (AvgIpc) is 2.63. The molecule has 0 spiro atoms. The van der Waals surface area contributed by atoms with Crippen molar-refractivity contribution in [2.45, 2.75) is 26.2 Å². The topological polar surface area (TPSA) is 60.0 Å². The van der Waals surface area contributed by atoms with Crippen molar-refractivity contribution in [2.75, 3.05) is 20.3 Å². The molecular weight excluding hydrogens is 344 g/mol. The van der Waals surface area contributed by atoms with E-state index in [0.717, 1.165) is 16.9 Å². The second-order valence-electron chi connectivity index (χ2n) is 5.51. The third kappa shape index (κ3) is 5.86. The number of hydrogen-bond donors (Lipinski definition) is 2. The quantitative estimate of drug-likeness (QED) is 0.673. The van der Waals surface area contributed by atoms with Crippen molar-refractivity contribution in [1.82, 2.24) is 5.32 Å². The van der Waals surface area contributed by atoms with E-state index in [1.54, 1.807) is 50.4 Å². The molecule has 1 unspecified atom stereocenters. The fourth-order valence-corrected chi connectivity index (χ4v) is 2.42. The molecule has 142 valence electrons. The van der Waals surface area contributed by atoms with E-state index in [0.29, 0.717) is 19.7 Å². The molecular formula is C19H23F2NO4. The molecule has 0 radical (unpaired) electrons. The highest BCUT2D eigenvalue weighted by atomic mass is 19.3. The van der Waals surface area contributed by atoms with Crippen LogP contribution in [0, 0.1) is 0 Å². The fourth-order valence-electron chi connectivity index (χ4n) is 2.42. The zero-order chi connectivity index (χ0) is 18.9. The first kappa shape index (κ1) is 19.9. The van der Waals surface area contributed by atoms with Crippen molar-refractivity contribution >= 4 is 0 Å². The molecule has 2 aromatic carbocycles. The number of aliphatic hydroxyl groups excluding tert-OH is 1. The largest absolute Gasteiger partial charge is 0.497 e. The van der Waals surface area contributed by atoms with E-state index in [1.165, 1.54) is 6.07 Å².